The predicted molar refractivity (Wildman–Crippen MR) is 120 cm³/mol. The van der Waals surface area contributed by atoms with E-state index in [0.717, 1.165) is 10.8 Å². The van der Waals surface area contributed by atoms with Crippen LogP contribution in [0.2, 0.25) is 0 Å². The fourth-order valence-corrected chi connectivity index (χ4v) is 2.90. The van der Waals surface area contributed by atoms with Crippen LogP contribution < -0.4 is 10.1 Å². The molecule has 0 aliphatic carbocycles. The Labute approximate surface area is 181 Å². The molecule has 3 aromatic carbocycles. The van der Waals surface area contributed by atoms with Crippen LogP contribution in [0.25, 0.3) is 10.8 Å². The second-order valence-electron chi connectivity index (χ2n) is 8.18. The lowest BCUT2D eigenvalue weighted by Crippen LogP contribution is -2.27. The third kappa shape index (κ3) is 5.28. The number of anilines is 1. The average Bonchev–Trinajstić information content (AvgIpc) is 2.76. The van der Waals surface area contributed by atoms with Crippen molar-refractivity contribution in [2.45, 2.75) is 20.8 Å². The molecule has 1 N–H and O–H groups in total. The van der Waals surface area contributed by atoms with Crippen molar-refractivity contribution in [3.05, 3.63) is 71.8 Å². The molecule has 0 saturated heterocycles. The Balaban J connectivity index is 1.66. The lowest BCUT2D eigenvalue weighted by atomic mass is 9.95. The molecule has 0 aliphatic rings. The minimum Gasteiger partial charge on any atom is -0.496 e. The third-order valence-electron chi connectivity index (χ3n) is 4.77. The molecule has 3 rings (SSSR count). The van der Waals surface area contributed by atoms with E-state index in [9.17, 15) is 14.4 Å². The summed E-state index contributed by atoms with van der Waals surface area (Å²) in [7, 11) is 1.48. The molecule has 6 heteroatoms. The van der Waals surface area contributed by atoms with Crippen molar-refractivity contribution in [1.82, 2.24) is 0 Å². The number of rotatable bonds is 6. The lowest BCUT2D eigenvalue weighted by molar-refractivity contribution is -0.123. The summed E-state index contributed by atoms with van der Waals surface area (Å²) in [6.07, 6.45) is 0. The van der Waals surface area contributed by atoms with Gasteiger partial charge in [0.15, 0.2) is 12.4 Å². The molecule has 160 valence electrons. The van der Waals surface area contributed by atoms with Crippen LogP contribution in [0.3, 0.4) is 0 Å². The van der Waals surface area contributed by atoms with Crippen LogP contribution in [0.4, 0.5) is 5.69 Å². The van der Waals surface area contributed by atoms with Gasteiger partial charge < -0.3 is 14.8 Å². The van der Waals surface area contributed by atoms with E-state index in [0.29, 0.717) is 17.0 Å². The first kappa shape index (κ1) is 22.0. The molecule has 6 nitrogen and oxygen atoms in total. The SMILES string of the molecule is COc1cc2ccccc2cc1C(=O)OCC(=O)c1ccc(NC(=O)C(C)(C)C)cc1. The van der Waals surface area contributed by atoms with Crippen molar-refractivity contribution in [1.29, 1.82) is 0 Å². The minimum atomic E-state index is -0.634. The van der Waals surface area contributed by atoms with Crippen molar-refractivity contribution < 1.29 is 23.9 Å². The van der Waals surface area contributed by atoms with Crippen LogP contribution in [0.5, 0.6) is 5.75 Å². The van der Waals surface area contributed by atoms with Crippen molar-refractivity contribution in [3.63, 3.8) is 0 Å². The maximum Gasteiger partial charge on any atom is 0.342 e. The summed E-state index contributed by atoms with van der Waals surface area (Å²) in [4.78, 5) is 37.1. The summed E-state index contributed by atoms with van der Waals surface area (Å²) in [6, 6.07) is 17.5. The zero-order valence-electron chi connectivity index (χ0n) is 18.0. The van der Waals surface area contributed by atoms with Gasteiger partial charge in [-0.1, -0.05) is 45.0 Å². The Hall–Kier alpha value is -3.67. The van der Waals surface area contributed by atoms with E-state index in [1.165, 1.54) is 7.11 Å². The first-order valence-electron chi connectivity index (χ1n) is 9.87. The van der Waals surface area contributed by atoms with Crippen LogP contribution in [0.1, 0.15) is 41.5 Å². The van der Waals surface area contributed by atoms with E-state index in [1.807, 2.05) is 45.0 Å². The third-order valence-corrected chi connectivity index (χ3v) is 4.77. The van der Waals surface area contributed by atoms with Gasteiger partial charge in [-0.25, -0.2) is 4.79 Å². The van der Waals surface area contributed by atoms with Gasteiger partial charge in [-0.05, 0) is 47.2 Å². The molecule has 0 fully saturated rings. The zero-order chi connectivity index (χ0) is 22.6. The van der Waals surface area contributed by atoms with E-state index in [4.69, 9.17) is 9.47 Å². The van der Waals surface area contributed by atoms with Gasteiger partial charge in [0.1, 0.15) is 11.3 Å². The molecule has 0 spiro atoms. The summed E-state index contributed by atoms with van der Waals surface area (Å²) in [6.45, 7) is 5.06. The number of ether oxygens (including phenoxy) is 2. The number of ketones is 1. The molecule has 0 unspecified atom stereocenters. The number of Topliss-reactive ketones (excluding diaryl/α,β-unsaturated/α-hetero) is 1. The van der Waals surface area contributed by atoms with Crippen LogP contribution in [0.15, 0.2) is 60.7 Å². The molecule has 0 aliphatic heterocycles. The first-order valence-corrected chi connectivity index (χ1v) is 9.87. The number of carbonyl (C=O) groups excluding carboxylic acids is 3. The van der Waals surface area contributed by atoms with Crippen LogP contribution >= 0.6 is 0 Å². The average molecular weight is 419 g/mol. The van der Waals surface area contributed by atoms with E-state index >= 15 is 0 Å². The highest BCUT2D eigenvalue weighted by Gasteiger charge is 2.21. The summed E-state index contributed by atoms with van der Waals surface area (Å²) in [5.41, 5.74) is 0.711. The molecule has 1 amide bonds. The molecule has 0 aromatic heterocycles. The van der Waals surface area contributed by atoms with Crippen molar-refractivity contribution in [2.75, 3.05) is 19.0 Å². The standard InChI is InChI=1S/C25H25NO5/c1-25(2,3)24(29)26-19-11-9-16(10-12-19)21(27)15-31-23(28)20-13-17-7-5-6-8-18(17)14-22(20)30-4/h5-14H,15H2,1-4H3,(H,26,29). The van der Waals surface area contributed by atoms with Crippen molar-refractivity contribution >= 4 is 34.1 Å². The van der Waals surface area contributed by atoms with Crippen LogP contribution in [0, 0.1) is 5.41 Å². The van der Waals surface area contributed by atoms with Crippen LogP contribution in [-0.4, -0.2) is 31.4 Å². The highest BCUT2D eigenvalue weighted by molar-refractivity contribution is 6.02. The zero-order valence-corrected chi connectivity index (χ0v) is 18.0. The predicted octanol–water partition coefficient (Wildman–Crippen LogP) is 4.87. The fourth-order valence-electron chi connectivity index (χ4n) is 2.90. The van der Waals surface area contributed by atoms with Gasteiger partial charge in [0.2, 0.25) is 5.91 Å². The summed E-state index contributed by atoms with van der Waals surface area (Å²) in [5, 5.41) is 4.60. The Kier molecular flexibility index (Phi) is 6.39. The molecular formula is C25H25NO5. The normalized spacial score (nSPS) is 11.1. The highest BCUT2D eigenvalue weighted by atomic mass is 16.5. The largest absolute Gasteiger partial charge is 0.496 e. The van der Waals surface area contributed by atoms with E-state index in [2.05, 4.69) is 5.32 Å². The van der Waals surface area contributed by atoms with Gasteiger partial charge in [-0.15, -0.1) is 0 Å². The first-order chi connectivity index (χ1) is 14.7. The summed E-state index contributed by atoms with van der Waals surface area (Å²) < 4.78 is 10.6. The van der Waals surface area contributed by atoms with Gasteiger partial charge in [0.05, 0.1) is 7.11 Å². The Morgan fingerprint density at radius 1 is 0.903 bits per heavy atom. The van der Waals surface area contributed by atoms with E-state index in [-0.39, 0.29) is 17.3 Å². The lowest BCUT2D eigenvalue weighted by Gasteiger charge is -2.17. The number of fused-ring (bicyclic) bond motifs is 1. The monoisotopic (exact) mass is 419 g/mol. The van der Waals surface area contributed by atoms with E-state index in [1.54, 1.807) is 36.4 Å². The van der Waals surface area contributed by atoms with E-state index < -0.39 is 18.0 Å². The Morgan fingerprint density at radius 3 is 2.10 bits per heavy atom. The molecule has 0 saturated carbocycles. The number of hydrogen-bond acceptors (Lipinski definition) is 5. The van der Waals surface area contributed by atoms with Gasteiger partial charge in [0, 0.05) is 16.7 Å². The number of carbonyl (C=O) groups is 3. The molecule has 0 bridgehead atoms. The van der Waals surface area contributed by atoms with Crippen molar-refractivity contribution in [3.8, 4) is 5.75 Å². The Bertz CT molecular complexity index is 1130. The molecule has 0 heterocycles. The number of esters is 1. The number of hydrogen-bond donors (Lipinski definition) is 1. The second kappa shape index (κ2) is 9.00. The van der Waals surface area contributed by atoms with Crippen molar-refractivity contribution in [2.24, 2.45) is 5.41 Å². The number of benzene rings is 3. The van der Waals surface area contributed by atoms with Gasteiger partial charge >= 0.3 is 5.97 Å². The highest BCUT2D eigenvalue weighted by Crippen LogP contribution is 2.26. The number of amides is 1. The molecular weight excluding hydrogens is 394 g/mol. The van der Waals surface area contributed by atoms with Gasteiger partial charge in [-0.3, -0.25) is 9.59 Å². The fraction of sp³-hybridized carbons (Fsp3) is 0.240. The van der Waals surface area contributed by atoms with Gasteiger partial charge in [0.25, 0.3) is 0 Å². The molecule has 3 aromatic rings. The number of nitrogens with one attached hydrogen (secondary N) is 1. The maximum atomic E-state index is 12.6. The second-order valence-corrected chi connectivity index (χ2v) is 8.18. The quantitative estimate of drug-likeness (QED) is 0.455. The van der Waals surface area contributed by atoms with Gasteiger partial charge in [-0.2, -0.15) is 0 Å². The summed E-state index contributed by atoms with van der Waals surface area (Å²) >= 11 is 0. The number of methoxy groups -OCH3 is 1. The smallest absolute Gasteiger partial charge is 0.342 e. The topological polar surface area (TPSA) is 81.7 Å². The summed E-state index contributed by atoms with van der Waals surface area (Å²) in [5.74, 6) is -0.716. The molecule has 0 radical (unpaired) electrons. The Morgan fingerprint density at radius 2 is 1.52 bits per heavy atom. The maximum absolute atomic E-state index is 12.6. The molecule has 0 atom stereocenters. The molecule has 31 heavy (non-hydrogen) atoms. The minimum absolute atomic E-state index is 0.121. The van der Waals surface area contributed by atoms with Crippen LogP contribution in [-0.2, 0) is 9.53 Å².